The zero-order valence-corrected chi connectivity index (χ0v) is 13.9. The summed E-state index contributed by atoms with van der Waals surface area (Å²) >= 11 is 0. The smallest absolute Gasteiger partial charge is 0.318 e. The second-order valence-electron chi connectivity index (χ2n) is 6.81. The zero-order valence-electron chi connectivity index (χ0n) is 13.9. The molecule has 1 aromatic carbocycles. The minimum Gasteiger partial charge on any atom is -0.393 e. The second kappa shape index (κ2) is 6.89. The zero-order chi connectivity index (χ0) is 16.4. The van der Waals surface area contributed by atoms with Crippen molar-refractivity contribution in [2.75, 3.05) is 19.8 Å². The van der Waals surface area contributed by atoms with Crippen LogP contribution in [-0.4, -0.2) is 47.9 Å². The number of nitrogens with one attached hydrogen (secondary N) is 1. The van der Waals surface area contributed by atoms with Crippen molar-refractivity contribution in [3.8, 4) is 0 Å². The van der Waals surface area contributed by atoms with Gasteiger partial charge in [0.1, 0.15) is 0 Å². The Labute approximate surface area is 137 Å². The van der Waals surface area contributed by atoms with Gasteiger partial charge in [0.25, 0.3) is 0 Å². The van der Waals surface area contributed by atoms with Gasteiger partial charge >= 0.3 is 6.03 Å². The molecular formula is C18H26N2O3. The standard InChI is InChI=1S/C18H26N2O3/c1-12-9-14-5-3-4-6-16(14)17(12)19-18(22)20-7-8-23-11-15(20)10-13(2)21/h3-6,12-13,15,17,21H,7-11H2,1-2H3,(H,19,22)/t12-,13-,15+,17-/m0/s1. The van der Waals surface area contributed by atoms with Crippen molar-refractivity contribution in [1.82, 2.24) is 10.2 Å². The minimum atomic E-state index is -0.442. The summed E-state index contributed by atoms with van der Waals surface area (Å²) in [7, 11) is 0. The number of rotatable bonds is 3. The molecule has 1 fully saturated rings. The Morgan fingerprint density at radius 1 is 1.48 bits per heavy atom. The van der Waals surface area contributed by atoms with Crippen molar-refractivity contribution in [2.45, 2.75) is 44.9 Å². The van der Waals surface area contributed by atoms with Gasteiger partial charge in [-0.05, 0) is 36.8 Å². The van der Waals surface area contributed by atoms with Crippen LogP contribution in [0.15, 0.2) is 24.3 Å². The molecule has 2 N–H and O–H groups in total. The third-order valence-electron chi connectivity index (χ3n) is 4.88. The van der Waals surface area contributed by atoms with Crippen LogP contribution in [0.2, 0.25) is 0 Å². The summed E-state index contributed by atoms with van der Waals surface area (Å²) in [6.45, 7) is 5.55. The Morgan fingerprint density at radius 3 is 3.04 bits per heavy atom. The van der Waals surface area contributed by atoms with Crippen molar-refractivity contribution in [3.05, 3.63) is 35.4 Å². The molecule has 5 heteroatoms. The van der Waals surface area contributed by atoms with E-state index in [1.807, 2.05) is 11.0 Å². The quantitative estimate of drug-likeness (QED) is 0.897. The van der Waals surface area contributed by atoms with Crippen molar-refractivity contribution < 1.29 is 14.6 Å². The first-order valence-electron chi connectivity index (χ1n) is 8.47. The van der Waals surface area contributed by atoms with E-state index in [0.29, 0.717) is 32.1 Å². The lowest BCUT2D eigenvalue weighted by Crippen LogP contribution is -2.54. The van der Waals surface area contributed by atoms with E-state index in [-0.39, 0.29) is 18.1 Å². The largest absolute Gasteiger partial charge is 0.393 e. The molecule has 1 heterocycles. The normalized spacial score (nSPS) is 28.3. The summed E-state index contributed by atoms with van der Waals surface area (Å²) in [5.41, 5.74) is 2.56. The Balaban J connectivity index is 1.70. The number of benzene rings is 1. The number of amides is 2. The van der Waals surface area contributed by atoms with Crippen molar-refractivity contribution >= 4 is 6.03 Å². The van der Waals surface area contributed by atoms with E-state index in [1.165, 1.54) is 11.1 Å². The maximum atomic E-state index is 12.8. The molecule has 0 radical (unpaired) electrons. The number of carbonyl (C=O) groups excluding carboxylic acids is 1. The first kappa shape index (κ1) is 16.3. The summed E-state index contributed by atoms with van der Waals surface area (Å²) in [5, 5.41) is 12.9. The van der Waals surface area contributed by atoms with Gasteiger partial charge in [0.15, 0.2) is 0 Å². The lowest BCUT2D eigenvalue weighted by molar-refractivity contribution is -0.00507. The van der Waals surface area contributed by atoms with Crippen LogP contribution in [-0.2, 0) is 11.2 Å². The molecule has 3 rings (SSSR count). The number of urea groups is 1. The Kier molecular flexibility index (Phi) is 4.87. The maximum absolute atomic E-state index is 12.8. The molecule has 1 saturated heterocycles. The Bertz CT molecular complexity index is 561. The highest BCUT2D eigenvalue weighted by Crippen LogP contribution is 2.35. The van der Waals surface area contributed by atoms with Gasteiger partial charge in [-0.15, -0.1) is 0 Å². The van der Waals surface area contributed by atoms with Crippen LogP contribution in [0.3, 0.4) is 0 Å². The molecule has 4 atom stereocenters. The van der Waals surface area contributed by atoms with Gasteiger partial charge in [0.05, 0.1) is 31.4 Å². The monoisotopic (exact) mass is 318 g/mol. The van der Waals surface area contributed by atoms with E-state index in [2.05, 4.69) is 30.4 Å². The van der Waals surface area contributed by atoms with Crippen LogP contribution in [0, 0.1) is 5.92 Å². The predicted molar refractivity (Wildman–Crippen MR) is 88.2 cm³/mol. The number of aliphatic hydroxyl groups excluding tert-OH is 1. The molecule has 1 aliphatic carbocycles. The van der Waals surface area contributed by atoms with Gasteiger partial charge in [-0.25, -0.2) is 4.79 Å². The van der Waals surface area contributed by atoms with Gasteiger partial charge in [-0.2, -0.15) is 0 Å². The van der Waals surface area contributed by atoms with Crippen molar-refractivity contribution in [1.29, 1.82) is 0 Å². The number of ether oxygens (including phenoxy) is 1. The number of fused-ring (bicyclic) bond motifs is 1. The molecule has 5 nitrogen and oxygen atoms in total. The number of nitrogens with zero attached hydrogens (tertiary/aromatic N) is 1. The number of aliphatic hydroxyl groups is 1. The number of carbonyl (C=O) groups is 1. The van der Waals surface area contributed by atoms with E-state index >= 15 is 0 Å². The highest BCUT2D eigenvalue weighted by atomic mass is 16.5. The molecule has 2 amide bonds. The van der Waals surface area contributed by atoms with Crippen LogP contribution < -0.4 is 5.32 Å². The van der Waals surface area contributed by atoms with Gasteiger partial charge in [0, 0.05) is 6.54 Å². The number of hydrogen-bond acceptors (Lipinski definition) is 3. The molecular weight excluding hydrogens is 292 g/mol. The average molecular weight is 318 g/mol. The summed E-state index contributed by atoms with van der Waals surface area (Å²) in [5.74, 6) is 0.396. The Hall–Kier alpha value is -1.59. The van der Waals surface area contributed by atoms with Crippen LogP contribution in [0.25, 0.3) is 0 Å². The highest BCUT2D eigenvalue weighted by molar-refractivity contribution is 5.75. The molecule has 2 aliphatic rings. The van der Waals surface area contributed by atoms with E-state index < -0.39 is 6.10 Å². The fraction of sp³-hybridized carbons (Fsp3) is 0.611. The fourth-order valence-electron chi connectivity index (χ4n) is 3.74. The molecule has 0 unspecified atom stereocenters. The summed E-state index contributed by atoms with van der Waals surface area (Å²) in [6.07, 6.45) is 1.11. The predicted octanol–water partition coefficient (Wildman–Crippen LogP) is 2.10. The fourth-order valence-corrected chi connectivity index (χ4v) is 3.74. The van der Waals surface area contributed by atoms with Crippen LogP contribution in [0.5, 0.6) is 0 Å². The first-order chi connectivity index (χ1) is 11.1. The van der Waals surface area contributed by atoms with E-state index in [4.69, 9.17) is 4.74 Å². The molecule has 1 aliphatic heterocycles. The highest BCUT2D eigenvalue weighted by Gasteiger charge is 2.34. The molecule has 0 saturated carbocycles. The molecule has 0 spiro atoms. The molecule has 126 valence electrons. The molecule has 0 bridgehead atoms. The summed E-state index contributed by atoms with van der Waals surface area (Å²) in [6, 6.07) is 8.29. The molecule has 0 aromatic heterocycles. The van der Waals surface area contributed by atoms with Gasteiger partial charge < -0.3 is 20.1 Å². The molecule has 1 aromatic rings. The lowest BCUT2D eigenvalue weighted by Gasteiger charge is -2.37. The van der Waals surface area contributed by atoms with Gasteiger partial charge in [-0.3, -0.25) is 0 Å². The average Bonchev–Trinajstić information content (AvgIpc) is 2.83. The van der Waals surface area contributed by atoms with E-state index in [1.54, 1.807) is 6.92 Å². The van der Waals surface area contributed by atoms with Crippen molar-refractivity contribution in [3.63, 3.8) is 0 Å². The summed E-state index contributed by atoms with van der Waals surface area (Å²) in [4.78, 5) is 14.6. The molecule has 23 heavy (non-hydrogen) atoms. The minimum absolute atomic E-state index is 0.0486. The van der Waals surface area contributed by atoms with Gasteiger partial charge in [0.2, 0.25) is 0 Å². The van der Waals surface area contributed by atoms with E-state index in [9.17, 15) is 9.90 Å². The first-order valence-corrected chi connectivity index (χ1v) is 8.47. The third kappa shape index (κ3) is 3.51. The van der Waals surface area contributed by atoms with Crippen LogP contribution in [0.1, 0.15) is 37.4 Å². The second-order valence-corrected chi connectivity index (χ2v) is 6.81. The third-order valence-corrected chi connectivity index (χ3v) is 4.88. The van der Waals surface area contributed by atoms with Crippen LogP contribution in [0.4, 0.5) is 4.79 Å². The SMILES string of the molecule is C[C@H](O)C[C@@H]1COCCN1C(=O)N[C@@H]1c2ccccc2C[C@@H]1C. The van der Waals surface area contributed by atoms with Crippen LogP contribution >= 0.6 is 0 Å². The maximum Gasteiger partial charge on any atom is 0.318 e. The number of morpholine rings is 1. The lowest BCUT2D eigenvalue weighted by atomic mass is 10.0. The number of hydrogen-bond donors (Lipinski definition) is 2. The topological polar surface area (TPSA) is 61.8 Å². The van der Waals surface area contributed by atoms with E-state index in [0.717, 1.165) is 6.42 Å². The Morgan fingerprint density at radius 2 is 2.26 bits per heavy atom. The van der Waals surface area contributed by atoms with Gasteiger partial charge in [-0.1, -0.05) is 31.2 Å². The van der Waals surface area contributed by atoms with Crippen molar-refractivity contribution in [2.24, 2.45) is 5.92 Å². The summed E-state index contributed by atoms with van der Waals surface area (Å²) < 4.78 is 5.48.